The Balaban J connectivity index is 2.33. The average Bonchev–Trinajstić information content (AvgIpc) is 2.73. The number of hydrogen-bond donors (Lipinski definition) is 1. The molecule has 0 saturated heterocycles. The van der Waals surface area contributed by atoms with Gasteiger partial charge in [0.1, 0.15) is 0 Å². The predicted octanol–water partition coefficient (Wildman–Crippen LogP) is 4.54. The normalized spacial score (nSPS) is 19.7. The van der Waals surface area contributed by atoms with E-state index in [0.29, 0.717) is 5.41 Å². The summed E-state index contributed by atoms with van der Waals surface area (Å²) in [7, 11) is 2.06. The zero-order valence-electron chi connectivity index (χ0n) is 12.1. The van der Waals surface area contributed by atoms with Crippen molar-refractivity contribution < 1.29 is 0 Å². The van der Waals surface area contributed by atoms with Gasteiger partial charge in [-0.3, -0.25) is 0 Å². The Morgan fingerprint density at radius 1 is 1.18 bits per heavy atom. The molecule has 0 aliphatic heterocycles. The average molecular weight is 237 g/mol. The zero-order chi connectivity index (χ0) is 12.6. The molecule has 0 aromatic carbocycles. The molecule has 1 atom stereocenters. The van der Waals surface area contributed by atoms with Crippen molar-refractivity contribution in [2.24, 2.45) is 11.3 Å². The van der Waals surface area contributed by atoms with Gasteiger partial charge in [0.05, 0.1) is 0 Å². The van der Waals surface area contributed by atoms with Crippen molar-refractivity contribution in [3.05, 3.63) is 12.2 Å². The van der Waals surface area contributed by atoms with Crippen molar-refractivity contribution >= 4 is 0 Å². The van der Waals surface area contributed by atoms with Crippen molar-refractivity contribution in [2.45, 2.75) is 65.2 Å². The molecule has 1 heteroatoms. The number of rotatable bonds is 9. The molecule has 0 radical (unpaired) electrons. The summed E-state index contributed by atoms with van der Waals surface area (Å²) < 4.78 is 0. The van der Waals surface area contributed by atoms with Gasteiger partial charge < -0.3 is 5.32 Å². The second-order valence-electron chi connectivity index (χ2n) is 6.15. The Labute approximate surface area is 108 Å². The molecular formula is C16H31N. The minimum Gasteiger partial charge on any atom is -0.320 e. The van der Waals surface area contributed by atoms with Crippen LogP contribution >= 0.6 is 0 Å². The molecule has 17 heavy (non-hydrogen) atoms. The molecule has 1 unspecified atom stereocenters. The summed E-state index contributed by atoms with van der Waals surface area (Å²) in [6.07, 6.45) is 15.8. The zero-order valence-corrected chi connectivity index (χ0v) is 12.1. The van der Waals surface area contributed by atoms with Gasteiger partial charge in [0.2, 0.25) is 0 Å². The summed E-state index contributed by atoms with van der Waals surface area (Å²) in [5.74, 6) is 0.952. The third-order valence-electron chi connectivity index (χ3n) is 4.17. The molecule has 1 nitrogen and oxygen atoms in total. The Bertz CT molecular complexity index is 212. The van der Waals surface area contributed by atoms with Gasteiger partial charge in [0.25, 0.3) is 0 Å². The number of allylic oxidation sites excluding steroid dienone is 2. The van der Waals surface area contributed by atoms with Crippen LogP contribution < -0.4 is 5.32 Å². The van der Waals surface area contributed by atoms with Gasteiger partial charge in [-0.25, -0.2) is 0 Å². The van der Waals surface area contributed by atoms with Gasteiger partial charge in [0.15, 0.2) is 0 Å². The molecule has 0 aromatic heterocycles. The third kappa shape index (κ3) is 5.72. The smallest absolute Gasteiger partial charge is 0.00518 e. The van der Waals surface area contributed by atoms with E-state index in [2.05, 4.69) is 38.4 Å². The van der Waals surface area contributed by atoms with E-state index in [1.165, 1.54) is 57.9 Å². The van der Waals surface area contributed by atoms with Crippen molar-refractivity contribution in [1.29, 1.82) is 0 Å². The summed E-state index contributed by atoms with van der Waals surface area (Å²) in [5.41, 5.74) is 0.581. The van der Waals surface area contributed by atoms with Crippen molar-refractivity contribution in [3.63, 3.8) is 0 Å². The molecule has 0 heterocycles. The lowest BCUT2D eigenvalue weighted by Gasteiger charge is -2.29. The number of unbranched alkanes of at least 4 members (excludes halogenated alkanes) is 1. The largest absolute Gasteiger partial charge is 0.320 e. The minimum absolute atomic E-state index is 0.581. The van der Waals surface area contributed by atoms with E-state index in [-0.39, 0.29) is 0 Å². The Morgan fingerprint density at radius 2 is 1.82 bits per heavy atom. The Hall–Kier alpha value is -0.300. The van der Waals surface area contributed by atoms with E-state index in [9.17, 15) is 0 Å². The molecular weight excluding hydrogens is 206 g/mol. The lowest BCUT2D eigenvalue weighted by molar-refractivity contribution is 0.232. The molecule has 1 rings (SSSR count). The van der Waals surface area contributed by atoms with Crippen LogP contribution in [0.15, 0.2) is 12.2 Å². The minimum atomic E-state index is 0.581. The first-order valence-electron chi connectivity index (χ1n) is 7.50. The van der Waals surface area contributed by atoms with Crippen LogP contribution in [0.25, 0.3) is 0 Å². The van der Waals surface area contributed by atoms with E-state index in [0.717, 1.165) is 5.92 Å². The first-order chi connectivity index (χ1) is 8.20. The third-order valence-corrected chi connectivity index (χ3v) is 4.17. The molecule has 0 bridgehead atoms. The summed E-state index contributed by atoms with van der Waals surface area (Å²) in [5, 5.41) is 3.27. The van der Waals surface area contributed by atoms with Gasteiger partial charge >= 0.3 is 0 Å². The summed E-state index contributed by atoms with van der Waals surface area (Å²) in [6, 6.07) is 0. The molecule has 0 fully saturated rings. The van der Waals surface area contributed by atoms with Crippen LogP contribution in [0.1, 0.15) is 65.2 Å². The Morgan fingerprint density at radius 3 is 2.41 bits per heavy atom. The molecule has 0 spiro atoms. The van der Waals surface area contributed by atoms with Crippen molar-refractivity contribution in [1.82, 2.24) is 5.32 Å². The predicted molar refractivity (Wildman–Crippen MR) is 77.3 cm³/mol. The van der Waals surface area contributed by atoms with Gasteiger partial charge in [-0.05, 0) is 57.0 Å². The summed E-state index contributed by atoms with van der Waals surface area (Å²) in [4.78, 5) is 0. The second kappa shape index (κ2) is 7.92. The fourth-order valence-electron chi connectivity index (χ4n) is 3.09. The summed E-state index contributed by atoms with van der Waals surface area (Å²) in [6.45, 7) is 5.96. The molecule has 0 saturated carbocycles. The fourth-order valence-corrected chi connectivity index (χ4v) is 3.09. The first kappa shape index (κ1) is 14.8. The monoisotopic (exact) mass is 237 g/mol. The van der Waals surface area contributed by atoms with Crippen LogP contribution in [0.2, 0.25) is 0 Å². The molecule has 1 N–H and O–H groups in total. The molecule has 1 aliphatic rings. The standard InChI is InChI=1S/C16H31N/c1-4-5-9-15(10-8-13-17-3)14-16(2)11-6-7-12-16/h6-7,15,17H,4-5,8-14H2,1-3H3. The van der Waals surface area contributed by atoms with E-state index in [1.807, 2.05) is 0 Å². The highest BCUT2D eigenvalue weighted by Crippen LogP contribution is 2.40. The van der Waals surface area contributed by atoms with Crippen molar-refractivity contribution in [3.8, 4) is 0 Å². The van der Waals surface area contributed by atoms with Crippen LogP contribution in [0.3, 0.4) is 0 Å². The Kier molecular flexibility index (Phi) is 6.87. The molecule has 0 aromatic rings. The highest BCUT2D eigenvalue weighted by atomic mass is 14.8. The van der Waals surface area contributed by atoms with E-state index >= 15 is 0 Å². The van der Waals surface area contributed by atoms with Crippen LogP contribution in [0.4, 0.5) is 0 Å². The highest BCUT2D eigenvalue weighted by Gasteiger charge is 2.28. The maximum atomic E-state index is 3.27. The van der Waals surface area contributed by atoms with Gasteiger partial charge in [-0.1, -0.05) is 45.3 Å². The highest BCUT2D eigenvalue weighted by molar-refractivity contribution is 5.01. The molecule has 100 valence electrons. The summed E-state index contributed by atoms with van der Waals surface area (Å²) >= 11 is 0. The van der Waals surface area contributed by atoms with Gasteiger partial charge in [-0.2, -0.15) is 0 Å². The van der Waals surface area contributed by atoms with Crippen LogP contribution in [-0.2, 0) is 0 Å². The quantitative estimate of drug-likeness (QED) is 0.458. The maximum absolute atomic E-state index is 3.27. The number of hydrogen-bond acceptors (Lipinski definition) is 1. The lowest BCUT2D eigenvalue weighted by atomic mass is 9.76. The van der Waals surface area contributed by atoms with Crippen LogP contribution in [-0.4, -0.2) is 13.6 Å². The first-order valence-corrected chi connectivity index (χ1v) is 7.50. The van der Waals surface area contributed by atoms with Gasteiger partial charge in [0, 0.05) is 0 Å². The van der Waals surface area contributed by atoms with Crippen LogP contribution in [0, 0.1) is 11.3 Å². The molecule has 0 amide bonds. The fraction of sp³-hybridized carbons (Fsp3) is 0.875. The maximum Gasteiger partial charge on any atom is -0.00518 e. The van der Waals surface area contributed by atoms with Crippen molar-refractivity contribution in [2.75, 3.05) is 13.6 Å². The van der Waals surface area contributed by atoms with E-state index in [1.54, 1.807) is 0 Å². The lowest BCUT2D eigenvalue weighted by Crippen LogP contribution is -2.19. The van der Waals surface area contributed by atoms with Gasteiger partial charge in [-0.15, -0.1) is 0 Å². The molecule has 1 aliphatic carbocycles. The topological polar surface area (TPSA) is 12.0 Å². The SMILES string of the molecule is CCCCC(CCCNC)CC1(C)CC=CC1. The van der Waals surface area contributed by atoms with Crippen LogP contribution in [0.5, 0.6) is 0 Å². The van der Waals surface area contributed by atoms with E-state index in [4.69, 9.17) is 0 Å². The van der Waals surface area contributed by atoms with E-state index < -0.39 is 0 Å². The second-order valence-corrected chi connectivity index (χ2v) is 6.15. The number of nitrogens with one attached hydrogen (secondary N) is 1.